The predicted octanol–water partition coefficient (Wildman–Crippen LogP) is 6.25. The van der Waals surface area contributed by atoms with Crippen molar-refractivity contribution in [3.63, 3.8) is 0 Å². The van der Waals surface area contributed by atoms with Crippen molar-refractivity contribution in [3.05, 3.63) is 106 Å². The van der Waals surface area contributed by atoms with Gasteiger partial charge in [-0.15, -0.1) is 0 Å². The number of carbonyl (C=O) groups excluding carboxylic acids is 1. The van der Waals surface area contributed by atoms with E-state index in [0.29, 0.717) is 29.7 Å². The van der Waals surface area contributed by atoms with E-state index in [1.807, 2.05) is 60.8 Å². The molecule has 5 nitrogen and oxygen atoms in total. The monoisotopic (exact) mass is 514 g/mol. The lowest BCUT2D eigenvalue weighted by molar-refractivity contribution is -0.126. The number of amides is 1. The fraction of sp³-hybridized carbons (Fsp3) is 0.172. The van der Waals surface area contributed by atoms with Crippen LogP contribution in [0.2, 0.25) is 10.0 Å². The molecule has 1 saturated heterocycles. The number of carbonyl (C=O) groups is 1. The van der Waals surface area contributed by atoms with Gasteiger partial charge in [-0.25, -0.2) is 0 Å². The van der Waals surface area contributed by atoms with Gasteiger partial charge in [0.25, 0.3) is 5.91 Å². The lowest BCUT2D eigenvalue weighted by atomic mass is 10.1. The molecule has 1 aliphatic rings. The largest absolute Gasteiger partial charge is 0.368 e. The summed E-state index contributed by atoms with van der Waals surface area (Å²) in [5, 5.41) is 11.9. The van der Waals surface area contributed by atoms with Crippen molar-refractivity contribution in [1.82, 2.24) is 9.47 Å². The van der Waals surface area contributed by atoms with Gasteiger partial charge in [0.2, 0.25) is 0 Å². The van der Waals surface area contributed by atoms with Gasteiger partial charge in [-0.05, 0) is 42.0 Å². The van der Waals surface area contributed by atoms with Crippen LogP contribution in [-0.4, -0.2) is 41.6 Å². The van der Waals surface area contributed by atoms with E-state index < -0.39 is 0 Å². The van der Waals surface area contributed by atoms with Crippen molar-refractivity contribution >= 4 is 51.8 Å². The van der Waals surface area contributed by atoms with Crippen LogP contribution in [0.1, 0.15) is 11.1 Å². The third-order valence-electron chi connectivity index (χ3n) is 6.50. The molecule has 0 unspecified atom stereocenters. The van der Waals surface area contributed by atoms with Crippen LogP contribution in [0.25, 0.3) is 17.0 Å². The Kier molecular flexibility index (Phi) is 6.99. The number of nitrogens with zero attached hydrogens (tertiary/aromatic N) is 4. The van der Waals surface area contributed by atoms with E-state index in [9.17, 15) is 10.1 Å². The molecule has 0 saturated carbocycles. The molecule has 5 rings (SSSR count). The fourth-order valence-electron chi connectivity index (χ4n) is 4.63. The van der Waals surface area contributed by atoms with Crippen LogP contribution in [-0.2, 0) is 11.3 Å². The minimum Gasteiger partial charge on any atom is -0.368 e. The van der Waals surface area contributed by atoms with Gasteiger partial charge in [-0.2, -0.15) is 5.26 Å². The van der Waals surface area contributed by atoms with Gasteiger partial charge < -0.3 is 14.4 Å². The molecule has 0 N–H and O–H groups in total. The number of aromatic nitrogens is 1. The number of para-hydroxylation sites is 2. The number of benzene rings is 3. The van der Waals surface area contributed by atoms with E-state index in [0.717, 1.165) is 40.8 Å². The number of piperazine rings is 1. The lowest BCUT2D eigenvalue weighted by Gasteiger charge is -2.36. The average Bonchev–Trinajstić information content (AvgIpc) is 3.26. The number of rotatable bonds is 5. The number of hydrogen-bond donors (Lipinski definition) is 0. The molecule has 2 heterocycles. The summed E-state index contributed by atoms with van der Waals surface area (Å²) in [5.41, 5.74) is 4.14. The second-order valence-electron chi connectivity index (χ2n) is 8.76. The van der Waals surface area contributed by atoms with E-state index in [1.54, 1.807) is 17.0 Å². The highest BCUT2D eigenvalue weighted by atomic mass is 35.5. The summed E-state index contributed by atoms with van der Waals surface area (Å²) in [6, 6.07) is 25.9. The van der Waals surface area contributed by atoms with Crippen molar-refractivity contribution in [2.24, 2.45) is 0 Å². The van der Waals surface area contributed by atoms with E-state index in [-0.39, 0.29) is 11.5 Å². The minimum absolute atomic E-state index is 0.139. The van der Waals surface area contributed by atoms with E-state index in [2.05, 4.69) is 27.7 Å². The van der Waals surface area contributed by atoms with E-state index >= 15 is 0 Å². The zero-order valence-corrected chi connectivity index (χ0v) is 21.1. The average molecular weight is 515 g/mol. The first-order chi connectivity index (χ1) is 17.5. The highest BCUT2D eigenvalue weighted by molar-refractivity contribution is 6.42. The van der Waals surface area contributed by atoms with Crippen LogP contribution < -0.4 is 4.90 Å². The molecule has 3 aromatic carbocycles. The highest BCUT2D eigenvalue weighted by Gasteiger charge is 2.24. The Morgan fingerprint density at radius 2 is 1.64 bits per heavy atom. The molecule has 1 fully saturated rings. The quantitative estimate of drug-likeness (QED) is 0.233. The van der Waals surface area contributed by atoms with Crippen molar-refractivity contribution < 1.29 is 4.79 Å². The van der Waals surface area contributed by atoms with Gasteiger partial charge >= 0.3 is 0 Å². The van der Waals surface area contributed by atoms with Crippen LogP contribution in [0.15, 0.2) is 84.6 Å². The molecule has 36 heavy (non-hydrogen) atoms. The fourth-order valence-corrected chi connectivity index (χ4v) is 4.95. The molecule has 4 aromatic rings. The van der Waals surface area contributed by atoms with Gasteiger partial charge in [0, 0.05) is 61.1 Å². The molecule has 0 radical (unpaired) electrons. The maximum atomic E-state index is 13.3. The predicted molar refractivity (Wildman–Crippen MR) is 146 cm³/mol. The highest BCUT2D eigenvalue weighted by Crippen LogP contribution is 2.27. The Labute approximate surface area is 220 Å². The number of anilines is 1. The first-order valence-corrected chi connectivity index (χ1v) is 12.5. The number of halogens is 2. The summed E-state index contributed by atoms with van der Waals surface area (Å²) >= 11 is 12.3. The van der Waals surface area contributed by atoms with Gasteiger partial charge in [-0.1, -0.05) is 65.7 Å². The summed E-state index contributed by atoms with van der Waals surface area (Å²) in [6.07, 6.45) is 3.69. The standard InChI is InChI=1S/C29H24Cl2N4O/c30-26-11-10-21(16-27(26)31)19-35-20-23(25-8-4-5-9-28(25)35)17-22(18-32)29(36)34-14-12-33(13-15-34)24-6-2-1-3-7-24/h1-11,16-17,20H,12-15,19H2/b22-17-. The minimum atomic E-state index is -0.230. The molecule has 1 aromatic heterocycles. The van der Waals surface area contributed by atoms with Crippen molar-refractivity contribution in [3.8, 4) is 6.07 Å². The molecule has 0 spiro atoms. The van der Waals surface area contributed by atoms with Crippen LogP contribution in [0.4, 0.5) is 5.69 Å². The summed E-state index contributed by atoms with van der Waals surface area (Å²) < 4.78 is 2.10. The first-order valence-electron chi connectivity index (χ1n) is 11.8. The molecule has 0 bridgehead atoms. The summed E-state index contributed by atoms with van der Waals surface area (Å²) in [5.74, 6) is -0.230. The van der Waals surface area contributed by atoms with Crippen LogP contribution in [0.5, 0.6) is 0 Å². The van der Waals surface area contributed by atoms with E-state index in [1.165, 1.54) is 0 Å². The summed E-state index contributed by atoms with van der Waals surface area (Å²) in [6.45, 7) is 3.20. The molecular weight excluding hydrogens is 491 g/mol. The smallest absolute Gasteiger partial charge is 0.264 e. The Bertz CT molecular complexity index is 1480. The zero-order valence-electron chi connectivity index (χ0n) is 19.6. The van der Waals surface area contributed by atoms with Gasteiger partial charge in [0.15, 0.2) is 0 Å². The maximum Gasteiger partial charge on any atom is 0.264 e. The van der Waals surface area contributed by atoms with Gasteiger partial charge in [0.1, 0.15) is 11.6 Å². The molecule has 0 atom stereocenters. The van der Waals surface area contributed by atoms with Crippen molar-refractivity contribution in [2.75, 3.05) is 31.1 Å². The van der Waals surface area contributed by atoms with Crippen LogP contribution in [0, 0.1) is 11.3 Å². The van der Waals surface area contributed by atoms with Crippen LogP contribution in [0.3, 0.4) is 0 Å². The Balaban J connectivity index is 1.38. The maximum absolute atomic E-state index is 13.3. The van der Waals surface area contributed by atoms with Gasteiger partial charge in [0.05, 0.1) is 10.0 Å². The third kappa shape index (κ3) is 4.97. The Hall–Kier alpha value is -3.72. The SMILES string of the molecule is N#C/C(=C/c1cn(Cc2ccc(Cl)c(Cl)c2)c2ccccc12)C(=O)N1CCN(c2ccccc2)CC1. The van der Waals surface area contributed by atoms with Gasteiger partial charge in [-0.3, -0.25) is 4.79 Å². The number of hydrogen-bond acceptors (Lipinski definition) is 3. The topological polar surface area (TPSA) is 52.3 Å². The van der Waals surface area contributed by atoms with E-state index in [4.69, 9.17) is 23.2 Å². The summed E-state index contributed by atoms with van der Waals surface area (Å²) in [7, 11) is 0. The molecule has 0 aliphatic carbocycles. The molecule has 1 aliphatic heterocycles. The molecule has 180 valence electrons. The second-order valence-corrected chi connectivity index (χ2v) is 9.58. The number of fused-ring (bicyclic) bond motifs is 1. The lowest BCUT2D eigenvalue weighted by Crippen LogP contribution is -2.49. The molecule has 1 amide bonds. The van der Waals surface area contributed by atoms with Crippen LogP contribution >= 0.6 is 23.2 Å². The molecular formula is C29H24Cl2N4O. The Morgan fingerprint density at radius 1 is 0.917 bits per heavy atom. The van der Waals surface area contributed by atoms with Crippen molar-refractivity contribution in [2.45, 2.75) is 6.54 Å². The molecule has 7 heteroatoms. The first kappa shape index (κ1) is 24.0. The summed E-state index contributed by atoms with van der Waals surface area (Å²) in [4.78, 5) is 17.3. The van der Waals surface area contributed by atoms with Crippen molar-refractivity contribution in [1.29, 1.82) is 5.26 Å². The third-order valence-corrected chi connectivity index (χ3v) is 7.23. The number of nitriles is 1. The second kappa shape index (κ2) is 10.5. The zero-order chi connectivity index (χ0) is 25.1. The normalized spacial score (nSPS) is 14.2. The Morgan fingerprint density at radius 3 is 2.36 bits per heavy atom.